The van der Waals surface area contributed by atoms with Crippen molar-refractivity contribution in [2.45, 2.75) is 25.6 Å². The van der Waals surface area contributed by atoms with E-state index in [4.69, 9.17) is 31.5 Å². The zero-order valence-electron chi connectivity index (χ0n) is 11.0. The number of nitrogens with two attached hydrogens (primary N) is 1. The van der Waals surface area contributed by atoms with Gasteiger partial charge in [-0.1, -0.05) is 36.7 Å². The number of ether oxygens (including phenoxy) is 3. The molecule has 0 aliphatic carbocycles. The maximum atomic E-state index is 10.9. The molecule has 0 bridgehead atoms. The van der Waals surface area contributed by atoms with E-state index in [0.717, 1.165) is 5.56 Å². The van der Waals surface area contributed by atoms with Crippen LogP contribution in [-0.4, -0.2) is 26.1 Å². The Morgan fingerprint density at radius 3 is 2.63 bits per heavy atom. The second-order valence-corrected chi connectivity index (χ2v) is 4.31. The molecule has 2 N–H and O–H groups in total. The van der Waals surface area contributed by atoms with E-state index in [1.807, 2.05) is 25.1 Å². The lowest BCUT2D eigenvalue weighted by Gasteiger charge is -2.26. The van der Waals surface area contributed by atoms with Crippen molar-refractivity contribution in [3.05, 3.63) is 34.9 Å². The van der Waals surface area contributed by atoms with E-state index in [1.54, 1.807) is 6.07 Å². The summed E-state index contributed by atoms with van der Waals surface area (Å²) in [5.74, 6) is 0. The molecule has 0 unspecified atom stereocenters. The summed E-state index contributed by atoms with van der Waals surface area (Å²) in [4.78, 5) is 10.9. The average molecular weight is 288 g/mol. The van der Waals surface area contributed by atoms with Crippen LogP contribution in [0.3, 0.4) is 0 Å². The van der Waals surface area contributed by atoms with Crippen LogP contribution in [0.4, 0.5) is 4.79 Å². The molecule has 2 atom stereocenters. The molecule has 0 aromatic heterocycles. The third kappa shape index (κ3) is 4.70. The molecule has 6 heteroatoms. The lowest BCUT2D eigenvalue weighted by Crippen LogP contribution is -2.30. The smallest absolute Gasteiger partial charge is 0.404 e. The number of hydrogen-bond donors (Lipinski definition) is 1. The van der Waals surface area contributed by atoms with Gasteiger partial charge in [0.15, 0.2) is 0 Å². The van der Waals surface area contributed by atoms with Crippen LogP contribution in [0.25, 0.3) is 0 Å². The number of halogens is 1. The van der Waals surface area contributed by atoms with E-state index in [2.05, 4.69) is 0 Å². The van der Waals surface area contributed by atoms with E-state index in [1.165, 1.54) is 7.11 Å². The summed E-state index contributed by atoms with van der Waals surface area (Å²) in [7, 11) is 1.51. The van der Waals surface area contributed by atoms with Gasteiger partial charge in [0, 0.05) is 17.7 Å². The third-order valence-corrected chi connectivity index (χ3v) is 2.93. The van der Waals surface area contributed by atoms with Gasteiger partial charge in [-0.05, 0) is 12.5 Å². The van der Waals surface area contributed by atoms with E-state index < -0.39 is 18.3 Å². The van der Waals surface area contributed by atoms with Crippen molar-refractivity contribution >= 4 is 17.7 Å². The zero-order chi connectivity index (χ0) is 14.3. The predicted octanol–water partition coefficient (Wildman–Crippen LogP) is 2.88. The maximum absolute atomic E-state index is 10.9. The van der Waals surface area contributed by atoms with E-state index in [9.17, 15) is 4.79 Å². The van der Waals surface area contributed by atoms with Gasteiger partial charge in [-0.15, -0.1) is 0 Å². The van der Waals surface area contributed by atoms with Gasteiger partial charge in [-0.25, -0.2) is 4.79 Å². The average Bonchev–Trinajstić information content (AvgIpc) is 2.39. The van der Waals surface area contributed by atoms with Crippen LogP contribution in [0, 0.1) is 0 Å². The molecule has 5 nitrogen and oxygen atoms in total. The highest BCUT2D eigenvalue weighted by Crippen LogP contribution is 2.31. The quantitative estimate of drug-likeness (QED) is 0.783. The molecule has 1 aromatic carbocycles. The Hall–Kier alpha value is -1.30. The maximum Gasteiger partial charge on any atom is 0.404 e. The van der Waals surface area contributed by atoms with Crippen LogP contribution in [0.15, 0.2) is 24.3 Å². The number of carbonyl (C=O) groups excluding carboxylic acids is 1. The molecule has 0 fully saturated rings. The Morgan fingerprint density at radius 1 is 1.42 bits per heavy atom. The molecule has 1 amide bonds. The number of benzene rings is 1. The standard InChI is InChI=1S/C13H18ClNO4/c1-3-11(19-13(15)16)12(18-8-17-2)9-6-4-5-7-10(9)14/h4-7,11-12H,3,8H2,1-2H3,(H2,15,16)/t11-,12-/m0/s1. The molecule has 0 radical (unpaired) electrons. The van der Waals surface area contributed by atoms with Crippen LogP contribution >= 0.6 is 11.6 Å². The van der Waals surface area contributed by atoms with Gasteiger partial charge < -0.3 is 19.9 Å². The SMILES string of the molecule is CC[C@H](OC(N)=O)[C@@H](OCOC)c1ccccc1Cl. The highest BCUT2D eigenvalue weighted by molar-refractivity contribution is 6.31. The van der Waals surface area contributed by atoms with Crippen LogP contribution in [0.5, 0.6) is 0 Å². The second-order valence-electron chi connectivity index (χ2n) is 3.90. The molecule has 1 aromatic rings. The summed E-state index contributed by atoms with van der Waals surface area (Å²) in [6, 6.07) is 7.21. The van der Waals surface area contributed by atoms with E-state index in [0.29, 0.717) is 11.4 Å². The molecule has 0 aliphatic heterocycles. The Labute approximate surface area is 117 Å². The Balaban J connectivity index is 2.98. The first-order valence-corrected chi connectivity index (χ1v) is 6.29. The molecule has 106 valence electrons. The van der Waals surface area contributed by atoms with Crippen molar-refractivity contribution in [2.75, 3.05) is 13.9 Å². The molecular formula is C13H18ClNO4. The molecule has 0 aliphatic rings. The predicted molar refractivity (Wildman–Crippen MR) is 71.9 cm³/mol. The summed E-state index contributed by atoms with van der Waals surface area (Å²) < 4.78 is 15.5. The first-order valence-electron chi connectivity index (χ1n) is 5.91. The highest BCUT2D eigenvalue weighted by atomic mass is 35.5. The Bertz CT molecular complexity index is 413. The molecule has 0 heterocycles. The van der Waals surface area contributed by atoms with Crippen molar-refractivity contribution in [2.24, 2.45) is 5.73 Å². The zero-order valence-corrected chi connectivity index (χ0v) is 11.7. The topological polar surface area (TPSA) is 70.8 Å². The van der Waals surface area contributed by atoms with Crippen LogP contribution in [0.1, 0.15) is 25.0 Å². The summed E-state index contributed by atoms with van der Waals surface area (Å²) in [6.45, 7) is 1.93. The summed E-state index contributed by atoms with van der Waals surface area (Å²) >= 11 is 6.14. The minimum absolute atomic E-state index is 0.0640. The van der Waals surface area contributed by atoms with Crippen molar-refractivity contribution in [3.63, 3.8) is 0 Å². The second kappa shape index (κ2) is 7.99. The monoisotopic (exact) mass is 287 g/mol. The molecule has 0 spiro atoms. The van der Waals surface area contributed by atoms with Crippen molar-refractivity contribution < 1.29 is 19.0 Å². The summed E-state index contributed by atoms with van der Waals surface area (Å²) in [6.07, 6.45) is -1.34. The molecule has 19 heavy (non-hydrogen) atoms. The normalized spacial score (nSPS) is 13.8. The highest BCUT2D eigenvalue weighted by Gasteiger charge is 2.27. The van der Waals surface area contributed by atoms with Gasteiger partial charge in [-0.2, -0.15) is 0 Å². The fraction of sp³-hybridized carbons (Fsp3) is 0.462. The molecular weight excluding hydrogens is 270 g/mol. The minimum atomic E-state index is -0.843. The van der Waals surface area contributed by atoms with Crippen LogP contribution < -0.4 is 5.73 Å². The van der Waals surface area contributed by atoms with Crippen LogP contribution in [-0.2, 0) is 14.2 Å². The van der Waals surface area contributed by atoms with Crippen LogP contribution in [0.2, 0.25) is 5.02 Å². The summed E-state index contributed by atoms with van der Waals surface area (Å²) in [5, 5.41) is 0.537. The first kappa shape index (κ1) is 15.8. The third-order valence-electron chi connectivity index (χ3n) is 2.58. The summed E-state index contributed by atoms with van der Waals surface area (Å²) in [5.41, 5.74) is 5.80. The van der Waals surface area contributed by atoms with E-state index in [-0.39, 0.29) is 6.79 Å². The van der Waals surface area contributed by atoms with Gasteiger partial charge in [0.1, 0.15) is 19.0 Å². The number of amides is 1. The lowest BCUT2D eigenvalue weighted by molar-refractivity contribution is -0.115. The van der Waals surface area contributed by atoms with Gasteiger partial charge in [0.05, 0.1) is 0 Å². The van der Waals surface area contributed by atoms with Crippen molar-refractivity contribution in [1.82, 2.24) is 0 Å². The van der Waals surface area contributed by atoms with Gasteiger partial charge in [-0.3, -0.25) is 0 Å². The minimum Gasteiger partial charge on any atom is -0.443 e. The molecule has 0 saturated heterocycles. The fourth-order valence-electron chi connectivity index (χ4n) is 1.75. The Kier molecular flexibility index (Phi) is 6.62. The van der Waals surface area contributed by atoms with Gasteiger partial charge in [0.2, 0.25) is 0 Å². The van der Waals surface area contributed by atoms with E-state index >= 15 is 0 Å². The van der Waals surface area contributed by atoms with Gasteiger partial charge in [0.25, 0.3) is 0 Å². The fourth-order valence-corrected chi connectivity index (χ4v) is 2.00. The molecule has 0 saturated carbocycles. The number of methoxy groups -OCH3 is 1. The van der Waals surface area contributed by atoms with Crippen molar-refractivity contribution in [1.29, 1.82) is 0 Å². The lowest BCUT2D eigenvalue weighted by atomic mass is 10.0. The number of rotatable bonds is 7. The first-order chi connectivity index (χ1) is 9.10. The van der Waals surface area contributed by atoms with Crippen molar-refractivity contribution in [3.8, 4) is 0 Å². The Morgan fingerprint density at radius 2 is 2.11 bits per heavy atom. The molecule has 1 rings (SSSR count). The number of primary amides is 1. The number of carbonyl (C=O) groups is 1. The van der Waals surface area contributed by atoms with Gasteiger partial charge >= 0.3 is 6.09 Å². The largest absolute Gasteiger partial charge is 0.443 e. The number of hydrogen-bond acceptors (Lipinski definition) is 4.